The first-order valence-electron chi connectivity index (χ1n) is 7.66. The molecule has 0 heterocycles. The van der Waals surface area contributed by atoms with Gasteiger partial charge in [0, 0.05) is 0 Å². The number of carbonyl (C=O) groups excluding carboxylic acids is 2. The quantitative estimate of drug-likeness (QED) is 0.599. The first-order valence-corrected chi connectivity index (χ1v) is 7.66. The number of aryl methyl sites for hydroxylation is 1. The van der Waals surface area contributed by atoms with Gasteiger partial charge < -0.3 is 14.2 Å². The fourth-order valence-corrected chi connectivity index (χ4v) is 1.98. The molecular formula is C19H20O5. The average molecular weight is 328 g/mol. The largest absolute Gasteiger partial charge is 0.482 e. The van der Waals surface area contributed by atoms with Crippen molar-refractivity contribution in [3.8, 4) is 11.5 Å². The maximum absolute atomic E-state index is 11.9. The third-order valence-corrected chi connectivity index (χ3v) is 3.08. The molecule has 126 valence electrons. The van der Waals surface area contributed by atoms with Gasteiger partial charge in [-0.05, 0) is 50.6 Å². The molecule has 2 aromatic carbocycles. The first-order chi connectivity index (χ1) is 11.5. The number of ether oxygens (including phenoxy) is 3. The van der Waals surface area contributed by atoms with Crippen LogP contribution in [0, 0.1) is 6.92 Å². The molecule has 0 aliphatic carbocycles. The molecule has 5 nitrogen and oxygen atoms in total. The molecule has 0 atom stereocenters. The first kappa shape index (κ1) is 17.5. The Morgan fingerprint density at radius 2 is 1.79 bits per heavy atom. The smallest absolute Gasteiger partial charge is 0.349 e. The van der Waals surface area contributed by atoms with E-state index in [0.29, 0.717) is 11.3 Å². The normalized spacial score (nSPS) is 10.3. The number of hydrogen-bond donors (Lipinski definition) is 0. The Morgan fingerprint density at radius 3 is 2.50 bits per heavy atom. The summed E-state index contributed by atoms with van der Waals surface area (Å²) in [4.78, 5) is 23.7. The third kappa shape index (κ3) is 5.12. The van der Waals surface area contributed by atoms with Crippen LogP contribution >= 0.6 is 0 Å². The van der Waals surface area contributed by atoms with Gasteiger partial charge in [0.15, 0.2) is 6.61 Å². The van der Waals surface area contributed by atoms with Crippen molar-refractivity contribution in [1.29, 1.82) is 0 Å². The molecule has 0 saturated heterocycles. The van der Waals surface area contributed by atoms with E-state index in [-0.39, 0.29) is 18.5 Å². The van der Waals surface area contributed by atoms with Crippen LogP contribution in [0.15, 0.2) is 48.5 Å². The van der Waals surface area contributed by atoms with E-state index in [1.54, 1.807) is 38.1 Å². The molecule has 5 heteroatoms. The molecule has 0 bridgehead atoms. The number of carbonyl (C=O) groups is 2. The number of hydrogen-bond acceptors (Lipinski definition) is 5. The second kappa shape index (κ2) is 8.15. The van der Waals surface area contributed by atoms with Crippen molar-refractivity contribution in [1.82, 2.24) is 0 Å². The van der Waals surface area contributed by atoms with Crippen LogP contribution in [0.5, 0.6) is 11.5 Å². The van der Waals surface area contributed by atoms with Crippen LogP contribution in [0.25, 0.3) is 0 Å². The molecule has 0 fully saturated rings. The van der Waals surface area contributed by atoms with Gasteiger partial charge >= 0.3 is 11.9 Å². The maximum atomic E-state index is 11.9. The van der Waals surface area contributed by atoms with Gasteiger partial charge in [0.2, 0.25) is 0 Å². The monoisotopic (exact) mass is 328 g/mol. The molecule has 0 radical (unpaired) electrons. The summed E-state index contributed by atoms with van der Waals surface area (Å²) in [5.74, 6) is -0.109. The second-order valence-corrected chi connectivity index (χ2v) is 5.51. The number of rotatable bonds is 6. The van der Waals surface area contributed by atoms with Crippen LogP contribution in [0.4, 0.5) is 0 Å². The van der Waals surface area contributed by atoms with Crippen molar-refractivity contribution in [2.75, 3.05) is 6.61 Å². The van der Waals surface area contributed by atoms with E-state index in [0.717, 1.165) is 5.56 Å². The van der Waals surface area contributed by atoms with E-state index in [1.807, 2.05) is 25.1 Å². The highest BCUT2D eigenvalue weighted by atomic mass is 16.6. The average Bonchev–Trinajstić information content (AvgIpc) is 2.54. The van der Waals surface area contributed by atoms with Gasteiger partial charge in [-0.2, -0.15) is 0 Å². The van der Waals surface area contributed by atoms with Crippen molar-refractivity contribution in [3.63, 3.8) is 0 Å². The van der Waals surface area contributed by atoms with Crippen LogP contribution in [0.1, 0.15) is 29.8 Å². The predicted molar refractivity (Wildman–Crippen MR) is 89.3 cm³/mol. The van der Waals surface area contributed by atoms with Gasteiger partial charge in [-0.25, -0.2) is 9.59 Å². The SMILES string of the molecule is Cc1ccccc1OCC(=O)Oc1cccc(C(=O)OC(C)C)c1. The summed E-state index contributed by atoms with van der Waals surface area (Å²) in [5.41, 5.74) is 1.26. The van der Waals surface area contributed by atoms with Gasteiger partial charge in [0.05, 0.1) is 11.7 Å². The molecule has 24 heavy (non-hydrogen) atoms. The molecule has 0 unspecified atom stereocenters. The van der Waals surface area contributed by atoms with E-state index >= 15 is 0 Å². The van der Waals surface area contributed by atoms with Gasteiger partial charge in [-0.3, -0.25) is 0 Å². The second-order valence-electron chi connectivity index (χ2n) is 5.51. The van der Waals surface area contributed by atoms with E-state index < -0.39 is 11.9 Å². The van der Waals surface area contributed by atoms with Crippen LogP contribution in [0.3, 0.4) is 0 Å². The number of para-hydroxylation sites is 1. The van der Waals surface area contributed by atoms with Gasteiger partial charge in [-0.1, -0.05) is 24.3 Å². The molecule has 0 aliphatic heterocycles. The van der Waals surface area contributed by atoms with Crippen LogP contribution in [-0.4, -0.2) is 24.6 Å². The summed E-state index contributed by atoms with van der Waals surface area (Å²) < 4.78 is 15.7. The summed E-state index contributed by atoms with van der Waals surface area (Å²) in [6.07, 6.45) is -0.216. The third-order valence-electron chi connectivity index (χ3n) is 3.08. The molecule has 0 aliphatic rings. The molecule has 0 aromatic heterocycles. The summed E-state index contributed by atoms with van der Waals surface area (Å²) in [5, 5.41) is 0. The zero-order valence-electron chi connectivity index (χ0n) is 13.9. The van der Waals surface area contributed by atoms with E-state index in [9.17, 15) is 9.59 Å². The zero-order chi connectivity index (χ0) is 17.5. The van der Waals surface area contributed by atoms with Crippen molar-refractivity contribution >= 4 is 11.9 Å². The molecule has 0 spiro atoms. The van der Waals surface area contributed by atoms with E-state index in [4.69, 9.17) is 14.2 Å². The molecule has 0 saturated carbocycles. The van der Waals surface area contributed by atoms with Crippen LogP contribution < -0.4 is 9.47 Å². The maximum Gasteiger partial charge on any atom is 0.349 e. The highest BCUT2D eigenvalue weighted by molar-refractivity contribution is 5.90. The van der Waals surface area contributed by atoms with Crippen molar-refractivity contribution < 1.29 is 23.8 Å². The van der Waals surface area contributed by atoms with Crippen LogP contribution in [-0.2, 0) is 9.53 Å². The fourth-order valence-electron chi connectivity index (χ4n) is 1.98. The van der Waals surface area contributed by atoms with Gasteiger partial charge in [0.1, 0.15) is 11.5 Å². The lowest BCUT2D eigenvalue weighted by molar-refractivity contribution is -0.136. The van der Waals surface area contributed by atoms with Crippen molar-refractivity contribution in [3.05, 3.63) is 59.7 Å². The molecule has 0 N–H and O–H groups in total. The highest BCUT2D eigenvalue weighted by Crippen LogP contribution is 2.17. The Labute approximate surface area is 141 Å². The number of esters is 2. The summed E-state index contributed by atoms with van der Waals surface area (Å²) >= 11 is 0. The van der Waals surface area contributed by atoms with Gasteiger partial charge in [-0.15, -0.1) is 0 Å². The minimum Gasteiger partial charge on any atom is -0.482 e. The predicted octanol–water partition coefficient (Wildman–Crippen LogP) is 3.54. The summed E-state index contributed by atoms with van der Waals surface area (Å²) in [7, 11) is 0. The molecule has 2 aromatic rings. The minimum absolute atomic E-state index is 0.216. The Balaban J connectivity index is 1.94. The van der Waals surface area contributed by atoms with Gasteiger partial charge in [0.25, 0.3) is 0 Å². The summed E-state index contributed by atoms with van der Waals surface area (Å²) in [6.45, 7) is 5.21. The van der Waals surface area contributed by atoms with Crippen LogP contribution in [0.2, 0.25) is 0 Å². The molecule has 0 amide bonds. The summed E-state index contributed by atoms with van der Waals surface area (Å²) in [6, 6.07) is 13.7. The van der Waals surface area contributed by atoms with E-state index in [2.05, 4.69) is 0 Å². The number of benzene rings is 2. The van der Waals surface area contributed by atoms with Crippen molar-refractivity contribution in [2.45, 2.75) is 26.9 Å². The molecule has 2 rings (SSSR count). The Morgan fingerprint density at radius 1 is 1.04 bits per heavy atom. The van der Waals surface area contributed by atoms with Crippen molar-refractivity contribution in [2.24, 2.45) is 0 Å². The lowest BCUT2D eigenvalue weighted by Gasteiger charge is -2.10. The standard InChI is InChI=1S/C19H20O5/c1-13(2)23-19(21)15-8-6-9-16(11-15)24-18(20)12-22-17-10-5-4-7-14(17)3/h4-11,13H,12H2,1-3H3. The molecular weight excluding hydrogens is 308 g/mol. The highest BCUT2D eigenvalue weighted by Gasteiger charge is 2.12. The van der Waals surface area contributed by atoms with E-state index in [1.165, 1.54) is 6.07 Å². The minimum atomic E-state index is -0.548. The fraction of sp³-hybridized carbons (Fsp3) is 0.263. The topological polar surface area (TPSA) is 61.8 Å². The lowest BCUT2D eigenvalue weighted by Crippen LogP contribution is -2.18. The Hall–Kier alpha value is -2.82. The zero-order valence-corrected chi connectivity index (χ0v) is 13.9. The Kier molecular flexibility index (Phi) is 5.95. The lowest BCUT2D eigenvalue weighted by atomic mass is 10.2. The Bertz CT molecular complexity index is 721.